The van der Waals surface area contributed by atoms with Crippen molar-refractivity contribution in [2.75, 3.05) is 11.9 Å². The zero-order valence-electron chi connectivity index (χ0n) is 11.6. The second-order valence-corrected chi connectivity index (χ2v) is 5.78. The maximum Gasteiger partial charge on any atom is 0.272 e. The average molecular weight is 305 g/mol. The normalized spacial score (nSPS) is 14.1. The van der Waals surface area contributed by atoms with Crippen molar-refractivity contribution in [2.45, 2.75) is 19.4 Å². The molecule has 3 rings (SSSR count). The van der Waals surface area contributed by atoms with Crippen molar-refractivity contribution in [3.63, 3.8) is 0 Å². The van der Waals surface area contributed by atoms with Crippen LogP contribution in [0.5, 0.6) is 0 Å². The predicted molar refractivity (Wildman–Crippen MR) is 82.6 cm³/mol. The lowest BCUT2D eigenvalue weighted by atomic mass is 10.2. The van der Waals surface area contributed by atoms with Gasteiger partial charge in [-0.25, -0.2) is 0 Å². The van der Waals surface area contributed by atoms with Crippen LogP contribution in [0.2, 0.25) is 5.02 Å². The number of H-pyrrole nitrogens is 1. The van der Waals surface area contributed by atoms with Gasteiger partial charge in [0.25, 0.3) is 5.91 Å². The van der Waals surface area contributed by atoms with E-state index in [0.717, 1.165) is 23.8 Å². The van der Waals surface area contributed by atoms with Gasteiger partial charge in [0.2, 0.25) is 0 Å². The Labute approximate surface area is 128 Å². The minimum atomic E-state index is -0.210. The quantitative estimate of drug-likeness (QED) is 0.851. The van der Waals surface area contributed by atoms with E-state index in [1.807, 2.05) is 24.3 Å². The molecule has 0 spiro atoms. The Hall–Kier alpha value is -1.78. The second kappa shape index (κ2) is 6.33. The van der Waals surface area contributed by atoms with Gasteiger partial charge in [0.05, 0.1) is 11.6 Å². The van der Waals surface area contributed by atoms with Gasteiger partial charge in [-0.2, -0.15) is 0 Å². The summed E-state index contributed by atoms with van der Waals surface area (Å²) in [6.07, 6.45) is 4.15. The predicted octanol–water partition coefficient (Wildman–Crippen LogP) is 3.85. The summed E-state index contributed by atoms with van der Waals surface area (Å²) < 4.78 is 5.66. The van der Waals surface area contributed by atoms with Crippen LogP contribution in [0.15, 0.2) is 36.5 Å². The fourth-order valence-electron chi connectivity index (χ4n) is 2.06. The number of nitrogens with one attached hydrogen (secondary N) is 2. The van der Waals surface area contributed by atoms with E-state index in [9.17, 15) is 4.79 Å². The second-order valence-electron chi connectivity index (χ2n) is 5.34. The van der Waals surface area contributed by atoms with Crippen molar-refractivity contribution < 1.29 is 9.53 Å². The Kier molecular flexibility index (Phi) is 4.27. The highest BCUT2D eigenvalue weighted by molar-refractivity contribution is 6.31. The third-order valence-corrected chi connectivity index (χ3v) is 3.61. The van der Waals surface area contributed by atoms with Crippen LogP contribution >= 0.6 is 11.6 Å². The van der Waals surface area contributed by atoms with Crippen LogP contribution in [0.25, 0.3) is 0 Å². The SMILES string of the molecule is O=C(Nc1cccc(COCC2CC2)c1)c1cc(Cl)c[nH]1. The van der Waals surface area contributed by atoms with E-state index in [0.29, 0.717) is 17.3 Å². The van der Waals surface area contributed by atoms with E-state index in [1.165, 1.54) is 12.8 Å². The number of halogens is 1. The summed E-state index contributed by atoms with van der Waals surface area (Å²) in [7, 11) is 0. The first-order valence-electron chi connectivity index (χ1n) is 7.02. The van der Waals surface area contributed by atoms with Crippen molar-refractivity contribution in [1.29, 1.82) is 0 Å². The van der Waals surface area contributed by atoms with Crippen LogP contribution < -0.4 is 5.32 Å². The van der Waals surface area contributed by atoms with E-state index in [-0.39, 0.29) is 5.91 Å². The molecule has 1 amide bonds. The van der Waals surface area contributed by atoms with Gasteiger partial charge in [0, 0.05) is 18.5 Å². The molecule has 5 heteroatoms. The third-order valence-electron chi connectivity index (χ3n) is 3.40. The fraction of sp³-hybridized carbons (Fsp3) is 0.312. The summed E-state index contributed by atoms with van der Waals surface area (Å²) in [5, 5.41) is 3.36. The maximum atomic E-state index is 12.0. The molecule has 1 aromatic carbocycles. The molecule has 2 aromatic rings. The minimum Gasteiger partial charge on any atom is -0.376 e. The number of anilines is 1. The number of carbonyl (C=O) groups excluding carboxylic acids is 1. The van der Waals surface area contributed by atoms with Crippen molar-refractivity contribution in [2.24, 2.45) is 5.92 Å². The molecule has 1 fully saturated rings. The molecule has 0 unspecified atom stereocenters. The first kappa shape index (κ1) is 14.2. The first-order valence-corrected chi connectivity index (χ1v) is 7.40. The van der Waals surface area contributed by atoms with Gasteiger partial charge in [0.1, 0.15) is 5.69 Å². The molecule has 0 saturated heterocycles. The smallest absolute Gasteiger partial charge is 0.272 e. The van der Waals surface area contributed by atoms with Gasteiger partial charge in [-0.05, 0) is 42.5 Å². The van der Waals surface area contributed by atoms with Crippen molar-refractivity contribution in [3.05, 3.63) is 52.8 Å². The van der Waals surface area contributed by atoms with E-state index in [2.05, 4.69) is 10.3 Å². The molecule has 0 radical (unpaired) electrons. The van der Waals surface area contributed by atoms with E-state index < -0.39 is 0 Å². The highest BCUT2D eigenvalue weighted by Gasteiger charge is 2.21. The number of carbonyl (C=O) groups is 1. The minimum absolute atomic E-state index is 0.210. The number of hydrogen-bond donors (Lipinski definition) is 2. The Morgan fingerprint density at radius 3 is 2.95 bits per heavy atom. The van der Waals surface area contributed by atoms with E-state index >= 15 is 0 Å². The van der Waals surface area contributed by atoms with Crippen molar-refractivity contribution in [1.82, 2.24) is 4.98 Å². The van der Waals surface area contributed by atoms with Gasteiger partial charge < -0.3 is 15.0 Å². The van der Waals surface area contributed by atoms with E-state index in [4.69, 9.17) is 16.3 Å². The number of benzene rings is 1. The molecule has 1 saturated carbocycles. The largest absolute Gasteiger partial charge is 0.376 e. The van der Waals surface area contributed by atoms with Crippen LogP contribution in [0, 0.1) is 5.92 Å². The Bertz CT molecular complexity index is 635. The maximum absolute atomic E-state index is 12.0. The monoisotopic (exact) mass is 304 g/mol. The number of rotatable bonds is 6. The zero-order valence-corrected chi connectivity index (χ0v) is 12.3. The highest BCUT2D eigenvalue weighted by Crippen LogP contribution is 2.29. The molecule has 1 aromatic heterocycles. The third kappa shape index (κ3) is 4.09. The van der Waals surface area contributed by atoms with Gasteiger partial charge in [-0.1, -0.05) is 23.7 Å². The Morgan fingerprint density at radius 1 is 1.38 bits per heavy atom. The lowest BCUT2D eigenvalue weighted by Crippen LogP contribution is -2.12. The lowest BCUT2D eigenvalue weighted by molar-refractivity contribution is 0.102. The first-order chi connectivity index (χ1) is 10.2. The van der Waals surface area contributed by atoms with Gasteiger partial charge in [0.15, 0.2) is 0 Å². The number of hydrogen-bond acceptors (Lipinski definition) is 2. The molecule has 110 valence electrons. The molecular formula is C16H17ClN2O2. The van der Waals surface area contributed by atoms with Crippen LogP contribution in [0.3, 0.4) is 0 Å². The molecule has 2 N–H and O–H groups in total. The van der Waals surface area contributed by atoms with Crippen molar-refractivity contribution in [3.8, 4) is 0 Å². The van der Waals surface area contributed by atoms with Gasteiger partial charge in [-0.3, -0.25) is 4.79 Å². The topological polar surface area (TPSA) is 54.1 Å². The molecule has 1 heterocycles. The molecule has 1 aliphatic carbocycles. The van der Waals surface area contributed by atoms with Crippen LogP contribution in [0.4, 0.5) is 5.69 Å². The summed E-state index contributed by atoms with van der Waals surface area (Å²) in [6, 6.07) is 9.28. The van der Waals surface area contributed by atoms with Gasteiger partial charge >= 0.3 is 0 Å². The van der Waals surface area contributed by atoms with Crippen LogP contribution in [-0.4, -0.2) is 17.5 Å². The summed E-state index contributed by atoms with van der Waals surface area (Å²) in [5.41, 5.74) is 2.24. The number of ether oxygens (including phenoxy) is 1. The standard InChI is InChI=1S/C16H17ClN2O2/c17-13-7-15(18-8-13)16(20)19-14-3-1-2-12(6-14)10-21-9-11-4-5-11/h1-3,6-8,11,18H,4-5,9-10H2,(H,19,20). The molecular weight excluding hydrogens is 288 g/mol. The molecule has 4 nitrogen and oxygen atoms in total. The zero-order chi connectivity index (χ0) is 14.7. The molecule has 0 atom stereocenters. The van der Waals surface area contributed by atoms with Crippen molar-refractivity contribution >= 4 is 23.2 Å². The molecule has 1 aliphatic rings. The molecule has 21 heavy (non-hydrogen) atoms. The summed E-state index contributed by atoms with van der Waals surface area (Å²) in [6.45, 7) is 1.41. The average Bonchev–Trinajstić information content (AvgIpc) is 3.18. The fourth-order valence-corrected chi connectivity index (χ4v) is 2.23. The summed E-state index contributed by atoms with van der Waals surface area (Å²) in [4.78, 5) is 14.8. The Morgan fingerprint density at radius 2 is 2.24 bits per heavy atom. The number of aromatic amines is 1. The number of aromatic nitrogens is 1. The summed E-state index contributed by atoms with van der Waals surface area (Å²) >= 11 is 5.79. The highest BCUT2D eigenvalue weighted by atomic mass is 35.5. The summed E-state index contributed by atoms with van der Waals surface area (Å²) in [5.74, 6) is 0.545. The van der Waals surface area contributed by atoms with Gasteiger partial charge in [-0.15, -0.1) is 0 Å². The van der Waals surface area contributed by atoms with E-state index in [1.54, 1.807) is 12.3 Å². The Balaban J connectivity index is 1.58. The van der Waals surface area contributed by atoms with Crippen LogP contribution in [-0.2, 0) is 11.3 Å². The number of amides is 1. The van der Waals surface area contributed by atoms with Crippen LogP contribution in [0.1, 0.15) is 28.9 Å². The molecule has 0 aliphatic heterocycles. The lowest BCUT2D eigenvalue weighted by Gasteiger charge is -2.07. The molecule has 0 bridgehead atoms.